The van der Waals surface area contributed by atoms with Crippen LogP contribution >= 0.6 is 0 Å². The molecule has 10 unspecified atom stereocenters. The third-order valence-corrected chi connectivity index (χ3v) is 16.1. The largest absolute Gasteiger partial charge is 0.497 e. The third-order valence-electron chi connectivity index (χ3n) is 16.1. The number of hydrogen-bond acceptors (Lipinski definition) is 6. The number of fused-ring (bicyclic) bond motifs is 7. The molecular formula is C46H64N2O7. The highest BCUT2D eigenvalue weighted by Gasteiger charge is 2.67. The van der Waals surface area contributed by atoms with Crippen LogP contribution < -0.4 is 5.56 Å². The van der Waals surface area contributed by atoms with Crippen molar-refractivity contribution in [2.75, 3.05) is 7.11 Å². The molecule has 1 aromatic rings. The van der Waals surface area contributed by atoms with Crippen molar-refractivity contribution in [2.45, 2.75) is 131 Å². The summed E-state index contributed by atoms with van der Waals surface area (Å²) in [5, 5.41) is 9.57. The SMILES string of the molecule is COC1=CC(C)C=C(n2c(=O)cc(C34CCC5(C)C(CCC6C7CCC(OC(=O)CC(C)(C)C(=O)O)C(C)C7CCC65C)C3=C(C(C)C)C(=O)C4)n2C)C=C1. The first-order valence-corrected chi connectivity index (χ1v) is 21.0. The standard InChI is InChI=1S/C46H64N2O7/c1-26(2)40-35(49)24-46(37-23-38(50)48(47(37)9)29-11-12-30(54-10)22-27(3)21-29)20-19-45(8)34(41(40)46)15-14-33-32-13-16-36(28(4)31(32)17-18-44(33,45)7)55-39(51)25-43(5,6)42(52)53/h11-12,21-23,26-28,31-34,36H,13-20,24-25H2,1-10H3,(H,52,53). The van der Waals surface area contributed by atoms with E-state index in [0.717, 1.165) is 74.1 Å². The van der Waals surface area contributed by atoms with Crippen molar-refractivity contribution in [1.29, 1.82) is 0 Å². The Hall–Kier alpha value is -3.62. The first kappa shape index (κ1) is 39.6. The maximum Gasteiger partial charge on any atom is 0.309 e. The van der Waals surface area contributed by atoms with Gasteiger partial charge >= 0.3 is 11.9 Å². The number of methoxy groups -OCH3 is 1. The molecule has 4 fully saturated rings. The van der Waals surface area contributed by atoms with Crippen molar-refractivity contribution < 1.29 is 29.0 Å². The Bertz CT molecular complexity index is 1960. The molecule has 0 aromatic carbocycles. The molecule has 0 aliphatic heterocycles. The van der Waals surface area contributed by atoms with Crippen molar-refractivity contribution in [3.8, 4) is 0 Å². The van der Waals surface area contributed by atoms with Crippen molar-refractivity contribution >= 4 is 23.4 Å². The van der Waals surface area contributed by atoms with Crippen molar-refractivity contribution in [3.05, 3.63) is 63.3 Å². The van der Waals surface area contributed by atoms with Crippen molar-refractivity contribution in [1.82, 2.24) is 9.36 Å². The summed E-state index contributed by atoms with van der Waals surface area (Å²) in [6, 6.07) is 1.82. The molecule has 1 aromatic heterocycles. The van der Waals surface area contributed by atoms with Gasteiger partial charge in [-0.15, -0.1) is 0 Å². The number of hydrogen-bond donors (Lipinski definition) is 1. The number of aliphatic carboxylic acids is 1. The second kappa shape index (κ2) is 13.8. The molecule has 55 heavy (non-hydrogen) atoms. The van der Waals surface area contributed by atoms with Crippen LogP contribution in [0.3, 0.4) is 0 Å². The second-order valence-corrected chi connectivity index (χ2v) is 19.7. The number of aromatic nitrogens is 2. The first-order chi connectivity index (χ1) is 25.8. The molecule has 1 heterocycles. The predicted octanol–water partition coefficient (Wildman–Crippen LogP) is 8.63. The number of carbonyl (C=O) groups is 3. The normalized spacial score (nSPS) is 37.3. The Kier molecular flexibility index (Phi) is 9.93. The van der Waals surface area contributed by atoms with E-state index in [1.54, 1.807) is 25.6 Å². The van der Waals surface area contributed by atoms with Gasteiger partial charge in [-0.2, -0.15) is 0 Å². The molecule has 0 radical (unpaired) electrons. The lowest BCUT2D eigenvalue weighted by Crippen LogP contribution is -2.61. The highest BCUT2D eigenvalue weighted by molar-refractivity contribution is 6.01. The smallest absolute Gasteiger partial charge is 0.309 e. The molecule has 6 aliphatic carbocycles. The van der Waals surface area contributed by atoms with Crippen molar-refractivity contribution in [3.63, 3.8) is 0 Å². The number of rotatable bonds is 8. The van der Waals surface area contributed by atoms with Gasteiger partial charge in [0.25, 0.3) is 5.56 Å². The fourth-order valence-corrected chi connectivity index (χ4v) is 13.1. The maximum absolute atomic E-state index is 14.3. The van der Waals surface area contributed by atoms with Crippen LogP contribution in [-0.4, -0.2) is 45.4 Å². The van der Waals surface area contributed by atoms with Gasteiger partial charge in [0, 0.05) is 24.9 Å². The number of carboxylic acids is 1. The minimum atomic E-state index is -1.15. The first-order valence-electron chi connectivity index (χ1n) is 21.0. The Balaban J connectivity index is 1.20. The molecule has 0 amide bonds. The quantitative estimate of drug-likeness (QED) is 0.264. The van der Waals surface area contributed by atoms with Crippen LogP contribution in [0.25, 0.3) is 5.70 Å². The van der Waals surface area contributed by atoms with E-state index in [1.807, 2.05) is 36.0 Å². The van der Waals surface area contributed by atoms with Crippen LogP contribution in [0.2, 0.25) is 0 Å². The Labute approximate surface area is 327 Å². The molecule has 0 bridgehead atoms. The number of ether oxygens (including phenoxy) is 2. The summed E-state index contributed by atoms with van der Waals surface area (Å²) < 4.78 is 15.4. The van der Waals surface area contributed by atoms with Crippen LogP contribution in [0, 0.1) is 57.7 Å². The van der Waals surface area contributed by atoms with Crippen LogP contribution in [0.4, 0.5) is 0 Å². The minimum absolute atomic E-state index is 0.00884. The van der Waals surface area contributed by atoms with Gasteiger partial charge in [0.05, 0.1) is 30.3 Å². The molecule has 300 valence electrons. The van der Waals surface area contributed by atoms with E-state index in [0.29, 0.717) is 24.2 Å². The van der Waals surface area contributed by atoms with Gasteiger partial charge in [-0.1, -0.05) is 47.6 Å². The average molecular weight is 757 g/mol. The number of ketones is 1. The van der Waals surface area contributed by atoms with Crippen LogP contribution in [0.15, 0.2) is 52.1 Å². The van der Waals surface area contributed by atoms with E-state index in [1.165, 1.54) is 5.57 Å². The lowest BCUT2D eigenvalue weighted by atomic mass is 9.36. The fourth-order valence-electron chi connectivity index (χ4n) is 13.1. The van der Waals surface area contributed by atoms with Gasteiger partial charge in [-0.05, 0) is 147 Å². The second-order valence-electron chi connectivity index (χ2n) is 19.7. The molecule has 1 N–H and O–H groups in total. The zero-order valence-electron chi connectivity index (χ0n) is 34.9. The van der Waals surface area contributed by atoms with Gasteiger partial charge < -0.3 is 14.6 Å². The number of esters is 1. The summed E-state index contributed by atoms with van der Waals surface area (Å²) in [7, 11) is 3.65. The van der Waals surface area contributed by atoms with E-state index < -0.39 is 22.8 Å². The van der Waals surface area contributed by atoms with Gasteiger partial charge in [-0.3, -0.25) is 23.9 Å². The van der Waals surface area contributed by atoms with E-state index in [2.05, 4.69) is 47.6 Å². The average Bonchev–Trinajstić information content (AvgIpc) is 3.50. The van der Waals surface area contributed by atoms with E-state index in [4.69, 9.17) is 9.47 Å². The van der Waals surface area contributed by atoms with Crippen molar-refractivity contribution in [2.24, 2.45) is 64.7 Å². The summed E-state index contributed by atoms with van der Waals surface area (Å²) in [5.41, 5.74) is 2.41. The Morgan fingerprint density at radius 1 is 0.964 bits per heavy atom. The van der Waals surface area contributed by atoms with Crippen LogP contribution in [-0.2, 0) is 36.3 Å². The van der Waals surface area contributed by atoms with Crippen LogP contribution in [0.5, 0.6) is 0 Å². The molecule has 10 atom stereocenters. The number of carboxylic acid groups (broad SMARTS) is 1. The Morgan fingerprint density at radius 2 is 1.69 bits per heavy atom. The lowest BCUT2D eigenvalue weighted by molar-refractivity contribution is -0.184. The highest BCUT2D eigenvalue weighted by Crippen LogP contribution is 2.73. The summed E-state index contributed by atoms with van der Waals surface area (Å²) in [5.74, 6) is 1.78. The monoisotopic (exact) mass is 756 g/mol. The van der Waals surface area contributed by atoms with Crippen LogP contribution in [0.1, 0.15) is 125 Å². The minimum Gasteiger partial charge on any atom is -0.497 e. The molecule has 4 saturated carbocycles. The molecule has 9 heteroatoms. The summed E-state index contributed by atoms with van der Waals surface area (Å²) in [6.45, 7) is 16.9. The van der Waals surface area contributed by atoms with E-state index in [-0.39, 0.29) is 58.4 Å². The number of nitrogens with zero attached hydrogens (tertiary/aromatic N) is 2. The summed E-state index contributed by atoms with van der Waals surface area (Å²) in [6.07, 6.45) is 16.1. The summed E-state index contributed by atoms with van der Waals surface area (Å²) >= 11 is 0. The van der Waals surface area contributed by atoms with Gasteiger partial charge in [0.15, 0.2) is 5.78 Å². The number of carbonyl (C=O) groups excluding carboxylic acids is 2. The molecule has 7 rings (SSSR count). The predicted molar refractivity (Wildman–Crippen MR) is 213 cm³/mol. The topological polar surface area (TPSA) is 117 Å². The molecular weight excluding hydrogens is 693 g/mol. The third kappa shape index (κ3) is 6.07. The molecule has 9 nitrogen and oxygen atoms in total. The molecule has 0 spiro atoms. The number of Topliss-reactive ketones (excluding diaryl/α,β-unsaturated/α-hetero) is 1. The lowest BCUT2D eigenvalue weighted by Gasteiger charge is -2.68. The zero-order chi connectivity index (χ0) is 40.0. The zero-order valence-corrected chi connectivity index (χ0v) is 34.9. The van der Waals surface area contributed by atoms with Gasteiger partial charge in [0.2, 0.25) is 0 Å². The fraction of sp³-hybridized carbons (Fsp3) is 0.696. The number of allylic oxidation sites excluding steroid dienone is 7. The van der Waals surface area contributed by atoms with Gasteiger partial charge in [0.1, 0.15) is 11.9 Å². The maximum atomic E-state index is 14.3. The Morgan fingerprint density at radius 3 is 2.36 bits per heavy atom. The van der Waals surface area contributed by atoms with Gasteiger partial charge in [-0.25, -0.2) is 4.68 Å². The molecule has 0 saturated heterocycles. The molecule has 6 aliphatic rings. The highest BCUT2D eigenvalue weighted by atomic mass is 16.5. The van der Waals surface area contributed by atoms with E-state index in [9.17, 15) is 24.3 Å². The van der Waals surface area contributed by atoms with E-state index >= 15 is 0 Å². The summed E-state index contributed by atoms with van der Waals surface area (Å²) in [4.78, 5) is 53.0.